The summed E-state index contributed by atoms with van der Waals surface area (Å²) in [6.45, 7) is 1.97. The smallest absolute Gasteiger partial charge is 0.293 e. The third kappa shape index (κ3) is 4.44. The maximum absolute atomic E-state index is 12.9. The fraction of sp³-hybridized carbons (Fsp3) is 0.136. The number of nitrogens with one attached hydrogen (secondary N) is 1. The third-order valence-electron chi connectivity index (χ3n) is 5.05. The lowest BCUT2D eigenvalue weighted by atomic mass is 10.2. The molecule has 0 atom stereocenters. The highest BCUT2D eigenvalue weighted by Crippen LogP contribution is 2.27. The Morgan fingerprint density at radius 1 is 1.23 bits per heavy atom. The largest absolute Gasteiger partial charge is 0.378 e. The molecule has 0 spiro atoms. The van der Waals surface area contributed by atoms with Crippen LogP contribution in [0.15, 0.2) is 63.8 Å². The molecule has 35 heavy (non-hydrogen) atoms. The molecule has 0 bridgehead atoms. The summed E-state index contributed by atoms with van der Waals surface area (Å²) in [6.07, 6.45) is 4.67. The van der Waals surface area contributed by atoms with Crippen molar-refractivity contribution in [3.63, 3.8) is 0 Å². The SMILES string of the molecule is CCCc1c(C(=O)NN=Cc2cn(-c3ccccc3)nc2-c2cccs2)nnn1-c1nonc1N. The summed E-state index contributed by atoms with van der Waals surface area (Å²) in [5, 5.41) is 26.2. The third-order valence-corrected chi connectivity index (χ3v) is 5.93. The van der Waals surface area contributed by atoms with Gasteiger partial charge >= 0.3 is 0 Å². The number of anilines is 1. The summed E-state index contributed by atoms with van der Waals surface area (Å²) >= 11 is 1.57. The Bertz CT molecular complexity index is 1470. The van der Waals surface area contributed by atoms with Gasteiger partial charge in [-0.05, 0) is 40.3 Å². The molecule has 4 heterocycles. The molecule has 12 nitrogen and oxygen atoms in total. The van der Waals surface area contributed by atoms with Crippen LogP contribution < -0.4 is 11.2 Å². The summed E-state index contributed by atoms with van der Waals surface area (Å²) in [4.78, 5) is 13.9. The average molecular weight is 489 g/mol. The van der Waals surface area contributed by atoms with E-state index in [1.165, 1.54) is 4.68 Å². The monoisotopic (exact) mass is 488 g/mol. The highest BCUT2D eigenvalue weighted by Gasteiger charge is 2.23. The van der Waals surface area contributed by atoms with Gasteiger partial charge in [-0.2, -0.15) is 14.9 Å². The Balaban J connectivity index is 1.41. The maximum atomic E-state index is 12.9. The molecule has 176 valence electrons. The van der Waals surface area contributed by atoms with Crippen LogP contribution in [0.4, 0.5) is 5.82 Å². The van der Waals surface area contributed by atoms with Crippen molar-refractivity contribution in [2.24, 2.45) is 5.10 Å². The predicted molar refractivity (Wildman–Crippen MR) is 130 cm³/mol. The van der Waals surface area contributed by atoms with Crippen LogP contribution in [-0.2, 0) is 6.42 Å². The molecule has 0 unspecified atom stereocenters. The van der Waals surface area contributed by atoms with Crippen LogP contribution in [0.25, 0.3) is 22.1 Å². The second-order valence-corrected chi connectivity index (χ2v) is 8.36. The number of hydrogen-bond donors (Lipinski definition) is 2. The lowest BCUT2D eigenvalue weighted by Crippen LogP contribution is -2.20. The highest BCUT2D eigenvalue weighted by molar-refractivity contribution is 7.13. The number of amides is 1. The maximum Gasteiger partial charge on any atom is 0.293 e. The Kier molecular flexibility index (Phi) is 6.13. The van der Waals surface area contributed by atoms with Crippen molar-refractivity contribution < 1.29 is 9.42 Å². The van der Waals surface area contributed by atoms with E-state index < -0.39 is 5.91 Å². The molecule has 1 aromatic carbocycles. The summed E-state index contributed by atoms with van der Waals surface area (Å²) in [7, 11) is 0. The molecule has 0 radical (unpaired) electrons. The number of thiophene rings is 1. The summed E-state index contributed by atoms with van der Waals surface area (Å²) in [6, 6.07) is 13.7. The number of nitrogens with zero attached hydrogens (tertiary/aromatic N) is 8. The van der Waals surface area contributed by atoms with E-state index in [1.54, 1.807) is 22.2 Å². The number of nitrogens with two attached hydrogens (primary N) is 1. The van der Waals surface area contributed by atoms with Crippen LogP contribution in [0.1, 0.15) is 35.1 Å². The number of para-hydroxylation sites is 1. The molecule has 0 saturated carbocycles. The Morgan fingerprint density at radius 2 is 2.09 bits per heavy atom. The molecule has 0 saturated heterocycles. The normalized spacial score (nSPS) is 11.3. The number of benzene rings is 1. The van der Waals surface area contributed by atoms with Gasteiger partial charge in [-0.3, -0.25) is 4.79 Å². The standard InChI is InChI=1S/C22H20N10O2S/c1-2-7-16-19(25-30-32(16)21-20(23)28-34-29-21)22(33)26-24-12-14-13-31(15-8-4-3-5-9-15)27-18(14)17-10-6-11-35-17/h3-6,8-13H,2,7H2,1H3,(H2,23,28)(H,26,33). The number of carbonyl (C=O) groups is 1. The number of nitrogen functional groups attached to an aromatic ring is 1. The second kappa shape index (κ2) is 9.69. The molecule has 5 rings (SSSR count). The van der Waals surface area contributed by atoms with Crippen molar-refractivity contribution in [3.05, 3.63) is 71.0 Å². The lowest BCUT2D eigenvalue weighted by molar-refractivity contribution is 0.0949. The van der Waals surface area contributed by atoms with Crippen LogP contribution in [-0.4, -0.2) is 47.2 Å². The molecule has 0 aliphatic carbocycles. The molecular formula is C22H20N10O2S. The minimum atomic E-state index is -0.515. The van der Waals surface area contributed by atoms with Crippen molar-refractivity contribution >= 4 is 29.3 Å². The van der Waals surface area contributed by atoms with E-state index in [-0.39, 0.29) is 17.3 Å². The van der Waals surface area contributed by atoms with Gasteiger partial charge in [0.15, 0.2) is 5.69 Å². The Morgan fingerprint density at radius 3 is 2.80 bits per heavy atom. The van der Waals surface area contributed by atoms with Crippen LogP contribution in [0, 0.1) is 0 Å². The van der Waals surface area contributed by atoms with Crippen molar-refractivity contribution in [2.45, 2.75) is 19.8 Å². The van der Waals surface area contributed by atoms with Gasteiger partial charge in [-0.15, -0.1) is 16.4 Å². The topological polar surface area (TPSA) is 155 Å². The number of hydrazone groups is 1. The molecule has 0 fully saturated rings. The van der Waals surface area contributed by atoms with Gasteiger partial charge in [0.2, 0.25) is 11.6 Å². The molecule has 13 heteroatoms. The predicted octanol–water partition coefficient (Wildman–Crippen LogP) is 2.86. The quantitative estimate of drug-likeness (QED) is 0.249. The average Bonchev–Trinajstić information content (AvgIpc) is 3.67. The molecular weight excluding hydrogens is 468 g/mol. The summed E-state index contributed by atoms with van der Waals surface area (Å²) in [5.74, 6) is -0.287. The van der Waals surface area contributed by atoms with Crippen LogP contribution in [0.5, 0.6) is 0 Å². The summed E-state index contributed by atoms with van der Waals surface area (Å²) < 4.78 is 7.78. The lowest BCUT2D eigenvalue weighted by Gasteiger charge is -2.03. The van der Waals surface area contributed by atoms with Crippen molar-refractivity contribution in [1.29, 1.82) is 0 Å². The summed E-state index contributed by atoms with van der Waals surface area (Å²) in [5.41, 5.74) is 11.4. The van der Waals surface area contributed by atoms with E-state index >= 15 is 0 Å². The number of rotatable bonds is 8. The van der Waals surface area contributed by atoms with Crippen LogP contribution >= 0.6 is 11.3 Å². The van der Waals surface area contributed by atoms with Gasteiger partial charge < -0.3 is 5.73 Å². The molecule has 3 N–H and O–H groups in total. The van der Waals surface area contributed by atoms with E-state index in [2.05, 4.69) is 35.8 Å². The number of hydrogen-bond acceptors (Lipinski definition) is 10. The van der Waals surface area contributed by atoms with Crippen molar-refractivity contribution in [3.8, 4) is 22.1 Å². The van der Waals surface area contributed by atoms with Crippen molar-refractivity contribution in [1.82, 2.24) is 40.5 Å². The van der Waals surface area contributed by atoms with Gasteiger partial charge in [0.05, 0.1) is 22.5 Å². The number of carbonyl (C=O) groups excluding carboxylic acids is 1. The van der Waals surface area contributed by atoms with E-state index in [0.717, 1.165) is 28.2 Å². The zero-order valence-electron chi connectivity index (χ0n) is 18.6. The van der Waals surface area contributed by atoms with Crippen LogP contribution in [0.3, 0.4) is 0 Å². The Hall–Kier alpha value is -4.65. The first-order chi connectivity index (χ1) is 17.2. The van der Waals surface area contributed by atoms with Gasteiger partial charge in [-0.1, -0.05) is 42.8 Å². The minimum Gasteiger partial charge on any atom is -0.378 e. The Labute approximate surface area is 203 Å². The molecule has 0 aliphatic heterocycles. The first-order valence-corrected chi connectivity index (χ1v) is 11.6. The first kappa shape index (κ1) is 22.2. The fourth-order valence-corrected chi connectivity index (χ4v) is 4.19. The van der Waals surface area contributed by atoms with E-state index in [4.69, 9.17) is 10.8 Å². The van der Waals surface area contributed by atoms with E-state index in [0.29, 0.717) is 12.1 Å². The van der Waals surface area contributed by atoms with Gasteiger partial charge in [0, 0.05) is 11.8 Å². The minimum absolute atomic E-state index is 0.0498. The second-order valence-electron chi connectivity index (χ2n) is 7.41. The molecule has 5 aromatic rings. The van der Waals surface area contributed by atoms with Crippen LogP contribution in [0.2, 0.25) is 0 Å². The zero-order valence-corrected chi connectivity index (χ0v) is 19.4. The zero-order chi connectivity index (χ0) is 24.2. The van der Waals surface area contributed by atoms with Crippen molar-refractivity contribution in [2.75, 3.05) is 5.73 Å². The number of aromatic nitrogens is 7. The van der Waals surface area contributed by atoms with Gasteiger partial charge in [-0.25, -0.2) is 14.7 Å². The molecule has 0 aliphatic rings. The highest BCUT2D eigenvalue weighted by atomic mass is 32.1. The molecule has 4 aromatic heterocycles. The van der Waals surface area contributed by atoms with Gasteiger partial charge in [0.25, 0.3) is 5.91 Å². The first-order valence-electron chi connectivity index (χ1n) is 10.7. The molecule has 1 amide bonds. The van der Waals surface area contributed by atoms with E-state index in [9.17, 15) is 4.79 Å². The fourth-order valence-electron chi connectivity index (χ4n) is 3.46. The van der Waals surface area contributed by atoms with E-state index in [1.807, 2.05) is 61.0 Å². The van der Waals surface area contributed by atoms with Gasteiger partial charge in [0.1, 0.15) is 5.69 Å².